The monoisotopic (exact) mass is 1330 g/mol. The minimum Gasteiger partial charge on any atom is -0.351 e. The summed E-state index contributed by atoms with van der Waals surface area (Å²) in [6.45, 7) is 12.7. The Balaban J connectivity index is 1.60. The highest BCUT2D eigenvalue weighted by molar-refractivity contribution is 6.30. The molecule has 516 valence electrons. The molecule has 10 atom stereocenters. The Labute approximate surface area is 555 Å². The highest BCUT2D eigenvalue weighted by Crippen LogP contribution is 2.30. The number of aryl methyl sites for hydroxylation is 1. The van der Waals surface area contributed by atoms with Crippen LogP contribution >= 0.6 is 11.6 Å². The molecule has 3 N–H and O–H groups in total. The molecule has 0 bridgehead atoms. The molecule has 3 aromatic carbocycles. The molecule has 2 fully saturated rings. The van der Waals surface area contributed by atoms with Gasteiger partial charge in [-0.3, -0.25) is 52.7 Å². The third-order valence-electron chi connectivity index (χ3n) is 18.0. The van der Waals surface area contributed by atoms with Crippen LogP contribution in [0.4, 0.5) is 13.2 Å². The second kappa shape index (κ2) is 33.8. The summed E-state index contributed by atoms with van der Waals surface area (Å²) in [5.41, 5.74) is 0.689. The lowest BCUT2D eigenvalue weighted by atomic mass is 9.93. The average Bonchev–Trinajstić information content (AvgIpc) is 0.807. The fourth-order valence-corrected chi connectivity index (χ4v) is 11.8. The van der Waals surface area contributed by atoms with Gasteiger partial charge < -0.3 is 55.1 Å². The minimum atomic E-state index is -4.64. The molecule has 0 aromatic heterocycles. The number of amides is 11. The van der Waals surface area contributed by atoms with Gasteiger partial charge in [-0.2, -0.15) is 13.2 Å². The van der Waals surface area contributed by atoms with Crippen LogP contribution in [-0.2, 0) is 78.2 Å². The smallest absolute Gasteiger partial charge is 0.351 e. The molecule has 94 heavy (non-hydrogen) atoms. The number of halogens is 4. The fourth-order valence-electron chi connectivity index (χ4n) is 11.7. The Morgan fingerprint density at radius 1 is 0.564 bits per heavy atom. The lowest BCUT2D eigenvalue weighted by Gasteiger charge is -2.44. The Morgan fingerprint density at radius 3 is 1.65 bits per heavy atom. The van der Waals surface area contributed by atoms with E-state index in [1.807, 2.05) is 20.8 Å². The summed E-state index contributed by atoms with van der Waals surface area (Å²) in [4.78, 5) is 170. The zero-order valence-electron chi connectivity index (χ0n) is 56.8. The molecule has 3 aromatic rings. The molecule has 0 spiro atoms. The Morgan fingerprint density at radius 2 is 1.11 bits per heavy atom. The number of rotatable bonds is 12. The van der Waals surface area contributed by atoms with Gasteiger partial charge in [-0.15, -0.1) is 0 Å². The lowest BCUT2D eigenvalue weighted by Crippen LogP contribution is -2.64. The summed E-state index contributed by atoms with van der Waals surface area (Å²) in [6, 6.07) is 8.98. The van der Waals surface area contributed by atoms with Gasteiger partial charge >= 0.3 is 6.18 Å². The number of nitrogens with zero attached hydrogens (tertiary/aromatic N) is 8. The molecule has 2 aliphatic rings. The van der Waals surface area contributed by atoms with Crippen molar-refractivity contribution in [3.05, 3.63) is 106 Å². The number of benzene rings is 3. The molecule has 26 heteroatoms. The zero-order chi connectivity index (χ0) is 70.4. The van der Waals surface area contributed by atoms with Gasteiger partial charge in [0.25, 0.3) is 0 Å². The van der Waals surface area contributed by atoms with Gasteiger partial charge in [-0.1, -0.05) is 114 Å². The van der Waals surface area contributed by atoms with Crippen LogP contribution in [0.5, 0.6) is 0 Å². The first kappa shape index (κ1) is 76.6. The quantitative estimate of drug-likeness (QED) is 0.216. The van der Waals surface area contributed by atoms with Gasteiger partial charge in [-0.25, -0.2) is 0 Å². The number of likely N-dealkylation sites (N-methyl/N-ethyl adjacent to an activating group) is 7. The predicted octanol–water partition coefficient (Wildman–Crippen LogP) is 5.08. The van der Waals surface area contributed by atoms with Crippen LogP contribution in [0.25, 0.3) is 0 Å². The number of fused-ring (bicyclic) bond motifs is 1. The van der Waals surface area contributed by atoms with E-state index in [4.69, 9.17) is 11.6 Å². The summed E-state index contributed by atoms with van der Waals surface area (Å²) < 4.78 is 41.1. The third kappa shape index (κ3) is 20.0. The maximum absolute atomic E-state index is 15.4. The molecule has 2 aliphatic heterocycles. The maximum atomic E-state index is 15.4. The van der Waals surface area contributed by atoms with Crippen LogP contribution in [-0.4, -0.2) is 228 Å². The van der Waals surface area contributed by atoms with Crippen LogP contribution < -0.4 is 16.0 Å². The van der Waals surface area contributed by atoms with Gasteiger partial charge in [0.05, 0.1) is 18.7 Å². The molecule has 0 aliphatic carbocycles. The van der Waals surface area contributed by atoms with Crippen LogP contribution in [0.3, 0.4) is 0 Å². The van der Waals surface area contributed by atoms with Crippen molar-refractivity contribution in [2.45, 2.75) is 167 Å². The molecule has 2 heterocycles. The van der Waals surface area contributed by atoms with Crippen molar-refractivity contribution in [2.75, 3.05) is 69.0 Å². The number of alkyl halides is 3. The van der Waals surface area contributed by atoms with Gasteiger partial charge in [0.1, 0.15) is 48.3 Å². The van der Waals surface area contributed by atoms with Crippen molar-refractivity contribution in [1.82, 2.24) is 55.1 Å². The number of nitrogens with one attached hydrogen (secondary N) is 3. The van der Waals surface area contributed by atoms with Crippen molar-refractivity contribution in [3.63, 3.8) is 0 Å². The number of hydrogen-bond donors (Lipinski definition) is 3. The van der Waals surface area contributed by atoms with E-state index < -0.39 is 156 Å². The zero-order valence-corrected chi connectivity index (χ0v) is 57.5. The van der Waals surface area contributed by atoms with Crippen LogP contribution in [0.2, 0.25) is 5.02 Å². The molecular weight excluding hydrogens is 1240 g/mol. The highest BCUT2D eigenvalue weighted by Gasteiger charge is 2.45. The summed E-state index contributed by atoms with van der Waals surface area (Å²) in [6.07, 6.45) is -4.61. The fraction of sp³-hybridized carbons (Fsp3) is 0.574. The number of carbonyl (C=O) groups is 11. The number of carbonyl (C=O) groups excluding carboxylic acids is 11. The maximum Gasteiger partial charge on any atom is 0.416 e. The largest absolute Gasteiger partial charge is 0.416 e. The molecule has 1 unspecified atom stereocenters. The second-order valence-electron chi connectivity index (χ2n) is 26.0. The van der Waals surface area contributed by atoms with E-state index in [9.17, 15) is 51.5 Å². The standard InChI is InChI=1S/C68H95ClF3N11O11/c1-16-42(6)58-67(94)83-33-32-51(83)63(90)77(10)39-57(86)79(12)53(37-47-24-29-49(69)30-25-47)64(91)76(9)38-55(84)74-50(31-26-45-22-27-48(28-23-45)68(70,71)72)62(89)80(13)52(34-40(2)3)65(92)81(14)54(36-46-20-18-17-19-21-46)66(93)82(15)59(41(4)5)61(88)73-43(7)35-56(85)78(11)44(8)60(87)75-58/h17-25,27-30,40-44,50-54,58-59H,16,26,31-39H2,1-15H3,(H,73,88)(H,74,84)(H,75,87)/t42-,43+,44-,50-,51?,52-,53-,54-,58-,59-/m0/s1. The summed E-state index contributed by atoms with van der Waals surface area (Å²) in [5.74, 6) is -8.59. The molecule has 2 saturated heterocycles. The van der Waals surface area contributed by atoms with Gasteiger partial charge in [0, 0.05) is 86.2 Å². The van der Waals surface area contributed by atoms with Gasteiger partial charge in [-0.05, 0) is 98.2 Å². The van der Waals surface area contributed by atoms with Crippen molar-refractivity contribution >= 4 is 76.6 Å². The molecular formula is C68H95ClF3N11O11. The lowest BCUT2D eigenvalue weighted by molar-refractivity contribution is -0.156. The van der Waals surface area contributed by atoms with E-state index in [1.165, 1.54) is 88.0 Å². The average molecular weight is 1340 g/mol. The topological polar surface area (TPSA) is 250 Å². The van der Waals surface area contributed by atoms with E-state index in [0.717, 1.165) is 31.7 Å². The summed E-state index contributed by atoms with van der Waals surface area (Å²) in [7, 11) is 9.69. The van der Waals surface area contributed by atoms with E-state index in [2.05, 4.69) is 16.0 Å². The van der Waals surface area contributed by atoms with Gasteiger partial charge in [0.15, 0.2) is 0 Å². The molecule has 0 radical (unpaired) electrons. The Hall–Kier alpha value is -8.09. The summed E-state index contributed by atoms with van der Waals surface area (Å²) >= 11 is 6.23. The van der Waals surface area contributed by atoms with Crippen LogP contribution in [0.15, 0.2) is 78.9 Å². The van der Waals surface area contributed by atoms with Crippen LogP contribution in [0.1, 0.15) is 110 Å². The normalized spacial score (nSPS) is 24.7. The SMILES string of the molecule is CC[C@H](C)[C@@H]1NC(=O)[C@H](C)N(C)C(=O)C[C@@H](C)NC(=O)[C@H](C(C)C)N(C)C(=O)[C@H](Cc2ccccc2)N(C)C(=O)[C@H](CC(C)C)N(C)C(=O)[C@H](CCc2ccc(C(F)(F)F)cc2)NC(=O)CN(C)C(=O)[C@H](Cc2ccc(Cl)cc2)N(C)C(=O)CN(C)C(=O)C2CCN2C1=O. The van der Waals surface area contributed by atoms with E-state index in [-0.39, 0.29) is 57.4 Å². The predicted molar refractivity (Wildman–Crippen MR) is 349 cm³/mol. The highest BCUT2D eigenvalue weighted by atomic mass is 35.5. The Kier molecular flexibility index (Phi) is 27.6. The second-order valence-corrected chi connectivity index (χ2v) is 26.4. The molecule has 11 amide bonds. The minimum absolute atomic E-state index is 0.0407. The molecule has 22 nitrogen and oxygen atoms in total. The van der Waals surface area contributed by atoms with Crippen molar-refractivity contribution in [2.24, 2.45) is 17.8 Å². The van der Waals surface area contributed by atoms with E-state index in [0.29, 0.717) is 28.1 Å². The van der Waals surface area contributed by atoms with E-state index in [1.54, 1.807) is 82.3 Å². The Bertz CT molecular complexity index is 3180. The first-order valence-electron chi connectivity index (χ1n) is 31.9. The van der Waals surface area contributed by atoms with Crippen molar-refractivity contribution in [1.29, 1.82) is 0 Å². The first-order chi connectivity index (χ1) is 44.0. The summed E-state index contributed by atoms with van der Waals surface area (Å²) in [5, 5.41) is 8.81. The van der Waals surface area contributed by atoms with Gasteiger partial charge in [0.2, 0.25) is 65.0 Å². The third-order valence-corrected chi connectivity index (χ3v) is 18.3. The van der Waals surface area contributed by atoms with Crippen molar-refractivity contribution in [3.8, 4) is 0 Å². The molecule has 5 rings (SSSR count). The first-order valence-corrected chi connectivity index (χ1v) is 32.3. The molecule has 0 saturated carbocycles. The van der Waals surface area contributed by atoms with Crippen molar-refractivity contribution < 1.29 is 65.9 Å². The number of hydrogen-bond acceptors (Lipinski definition) is 11. The van der Waals surface area contributed by atoms with E-state index >= 15 is 14.4 Å². The van der Waals surface area contributed by atoms with Crippen LogP contribution in [0, 0.1) is 17.8 Å².